The molecule has 0 bridgehead atoms. The summed E-state index contributed by atoms with van der Waals surface area (Å²) in [5.74, 6) is -0.547. The largest absolute Gasteiger partial charge is 0.455 e. The smallest absolute Gasteiger partial charge is 0.329 e. The zero-order valence-corrected chi connectivity index (χ0v) is 13.8. The number of rotatable bonds is 6. The Balaban J connectivity index is 2.16. The van der Waals surface area contributed by atoms with E-state index < -0.39 is 12.0 Å². The van der Waals surface area contributed by atoms with Gasteiger partial charge in [-0.05, 0) is 41.5 Å². The van der Waals surface area contributed by atoms with E-state index in [4.69, 9.17) is 0 Å². The van der Waals surface area contributed by atoms with E-state index >= 15 is 0 Å². The van der Waals surface area contributed by atoms with Crippen molar-refractivity contribution >= 4 is 5.82 Å². The molecule has 0 fully saturated rings. The summed E-state index contributed by atoms with van der Waals surface area (Å²) in [6, 6.07) is 3.75. The van der Waals surface area contributed by atoms with Crippen LogP contribution >= 0.6 is 0 Å². The quantitative estimate of drug-likeness (QED) is 0.749. The van der Waals surface area contributed by atoms with Crippen LogP contribution in [0, 0.1) is 6.92 Å². The van der Waals surface area contributed by atoms with E-state index in [2.05, 4.69) is 33.6 Å². The number of halogens is 3. The SMILES string of the molecule is C=C/C(=C/C(=C)Cn1nnc(C(F)(F)F)n1)N(C)c1ncccc1C. The molecule has 9 heteroatoms. The highest BCUT2D eigenvalue weighted by Gasteiger charge is 2.36. The Morgan fingerprint density at radius 2 is 2.12 bits per heavy atom. The number of aryl methyl sites for hydroxylation is 1. The fourth-order valence-corrected chi connectivity index (χ4v) is 2.10. The number of tetrazole rings is 1. The molecule has 0 aliphatic rings. The van der Waals surface area contributed by atoms with Crippen molar-refractivity contribution in [1.29, 1.82) is 0 Å². The predicted octanol–water partition coefficient (Wildman–Crippen LogP) is 3.16. The minimum Gasteiger partial charge on any atom is -0.329 e. The fourth-order valence-electron chi connectivity index (χ4n) is 2.10. The van der Waals surface area contributed by atoms with E-state index in [9.17, 15) is 13.2 Å². The third-order valence-electron chi connectivity index (χ3n) is 3.30. The van der Waals surface area contributed by atoms with Crippen LogP contribution in [-0.2, 0) is 12.7 Å². The Kier molecular flexibility index (Phi) is 5.35. The molecule has 0 radical (unpaired) electrons. The number of anilines is 1. The van der Waals surface area contributed by atoms with Crippen molar-refractivity contribution in [1.82, 2.24) is 25.2 Å². The van der Waals surface area contributed by atoms with Gasteiger partial charge >= 0.3 is 6.18 Å². The molecule has 0 aliphatic carbocycles. The maximum absolute atomic E-state index is 12.5. The van der Waals surface area contributed by atoms with Gasteiger partial charge in [0, 0.05) is 18.9 Å². The van der Waals surface area contributed by atoms with Crippen LogP contribution in [0.5, 0.6) is 0 Å². The molecular formula is C16H17F3N6. The normalized spacial score (nSPS) is 12.1. The van der Waals surface area contributed by atoms with Crippen molar-refractivity contribution in [2.24, 2.45) is 0 Å². The zero-order valence-electron chi connectivity index (χ0n) is 13.8. The lowest BCUT2D eigenvalue weighted by atomic mass is 10.2. The number of nitrogens with zero attached hydrogens (tertiary/aromatic N) is 6. The summed E-state index contributed by atoms with van der Waals surface area (Å²) >= 11 is 0. The highest BCUT2D eigenvalue weighted by atomic mass is 19.4. The average Bonchev–Trinajstić information content (AvgIpc) is 3.01. The van der Waals surface area contributed by atoms with Gasteiger partial charge in [0.2, 0.25) is 0 Å². The number of aromatic nitrogens is 5. The molecule has 132 valence electrons. The Hall–Kier alpha value is -2.97. The van der Waals surface area contributed by atoms with E-state index in [1.807, 2.05) is 31.0 Å². The first-order valence-electron chi connectivity index (χ1n) is 7.24. The molecule has 0 aromatic carbocycles. The molecule has 2 aromatic rings. The van der Waals surface area contributed by atoms with E-state index in [1.165, 1.54) is 0 Å². The van der Waals surface area contributed by atoms with Crippen LogP contribution in [0.15, 0.2) is 54.9 Å². The maximum atomic E-state index is 12.5. The molecule has 6 nitrogen and oxygen atoms in total. The molecule has 0 spiro atoms. The van der Waals surface area contributed by atoms with Gasteiger partial charge in [0.25, 0.3) is 5.82 Å². The van der Waals surface area contributed by atoms with Gasteiger partial charge in [-0.15, -0.1) is 10.2 Å². The Morgan fingerprint density at radius 3 is 2.68 bits per heavy atom. The van der Waals surface area contributed by atoms with E-state index in [0.29, 0.717) is 11.3 Å². The third kappa shape index (κ3) is 4.52. The molecule has 25 heavy (non-hydrogen) atoms. The van der Waals surface area contributed by atoms with Gasteiger partial charge in [0.1, 0.15) is 5.82 Å². The standard InChI is InChI=1S/C16H17F3N6/c1-5-13(24(4)14-12(3)7-6-8-20-14)9-11(2)10-25-22-15(21-23-25)16(17,18)19/h5-9H,1-2,10H2,3-4H3/b13-9-. The summed E-state index contributed by atoms with van der Waals surface area (Å²) in [5, 5.41) is 9.67. The van der Waals surface area contributed by atoms with Crippen molar-refractivity contribution in [3.05, 3.63) is 66.3 Å². The van der Waals surface area contributed by atoms with Crippen molar-refractivity contribution in [2.45, 2.75) is 19.6 Å². The van der Waals surface area contributed by atoms with Gasteiger partial charge in [0.05, 0.1) is 6.54 Å². The number of pyridine rings is 1. The Bertz CT molecular complexity index is 806. The van der Waals surface area contributed by atoms with Crippen LogP contribution < -0.4 is 4.90 Å². The fraction of sp³-hybridized carbons (Fsp3) is 0.250. The Labute approximate surface area is 143 Å². The highest BCUT2D eigenvalue weighted by molar-refractivity contribution is 5.54. The lowest BCUT2D eigenvalue weighted by Crippen LogP contribution is -2.18. The number of hydrogen-bond acceptors (Lipinski definition) is 5. The molecule has 0 saturated carbocycles. The van der Waals surface area contributed by atoms with Gasteiger partial charge in [-0.2, -0.15) is 18.0 Å². The second-order valence-corrected chi connectivity index (χ2v) is 5.28. The van der Waals surface area contributed by atoms with Crippen LogP contribution in [0.1, 0.15) is 11.4 Å². The second-order valence-electron chi connectivity index (χ2n) is 5.28. The maximum Gasteiger partial charge on any atom is 0.455 e. The summed E-state index contributed by atoms with van der Waals surface area (Å²) in [7, 11) is 1.81. The van der Waals surface area contributed by atoms with Crippen molar-refractivity contribution in [3.8, 4) is 0 Å². The molecule has 2 aromatic heterocycles. The van der Waals surface area contributed by atoms with E-state index in [0.717, 1.165) is 16.2 Å². The van der Waals surface area contributed by atoms with Crippen molar-refractivity contribution in [2.75, 3.05) is 11.9 Å². The van der Waals surface area contributed by atoms with Crippen LogP contribution in [0.2, 0.25) is 0 Å². The van der Waals surface area contributed by atoms with Gasteiger partial charge in [-0.25, -0.2) is 4.98 Å². The molecule has 0 N–H and O–H groups in total. The van der Waals surface area contributed by atoms with Crippen LogP contribution in [0.25, 0.3) is 0 Å². The number of hydrogen-bond donors (Lipinski definition) is 0. The topological polar surface area (TPSA) is 59.7 Å². The minimum absolute atomic E-state index is 0.0323. The lowest BCUT2D eigenvalue weighted by molar-refractivity contribution is -0.145. The summed E-state index contributed by atoms with van der Waals surface area (Å²) in [6.07, 6.45) is 0.331. The summed E-state index contributed by atoms with van der Waals surface area (Å²) in [4.78, 5) is 6.96. The van der Waals surface area contributed by atoms with Gasteiger partial charge in [0.15, 0.2) is 0 Å². The average molecular weight is 350 g/mol. The molecule has 0 unspecified atom stereocenters. The molecular weight excluding hydrogens is 333 g/mol. The van der Waals surface area contributed by atoms with E-state index in [1.54, 1.807) is 18.3 Å². The summed E-state index contributed by atoms with van der Waals surface area (Å²) in [5.41, 5.74) is 2.14. The van der Waals surface area contributed by atoms with E-state index in [-0.39, 0.29) is 6.54 Å². The molecule has 0 aliphatic heterocycles. The molecule has 2 rings (SSSR count). The van der Waals surface area contributed by atoms with Gasteiger partial charge in [-0.1, -0.05) is 19.2 Å². The number of likely N-dealkylation sites (N-methyl/N-ethyl adjacent to an activating group) is 1. The highest BCUT2D eigenvalue weighted by Crippen LogP contribution is 2.25. The second kappa shape index (κ2) is 7.29. The Morgan fingerprint density at radius 1 is 1.40 bits per heavy atom. The van der Waals surface area contributed by atoms with Crippen molar-refractivity contribution < 1.29 is 13.2 Å². The molecule has 0 atom stereocenters. The van der Waals surface area contributed by atoms with Gasteiger partial charge in [-0.3, -0.25) is 0 Å². The third-order valence-corrected chi connectivity index (χ3v) is 3.30. The summed E-state index contributed by atoms with van der Waals surface area (Å²) in [6.45, 7) is 9.47. The monoisotopic (exact) mass is 350 g/mol. The lowest BCUT2D eigenvalue weighted by Gasteiger charge is -2.21. The van der Waals surface area contributed by atoms with Gasteiger partial charge < -0.3 is 4.90 Å². The van der Waals surface area contributed by atoms with Crippen LogP contribution in [-0.4, -0.2) is 32.2 Å². The zero-order chi connectivity index (χ0) is 18.6. The first-order valence-corrected chi connectivity index (χ1v) is 7.24. The number of allylic oxidation sites excluding steroid dienone is 3. The summed E-state index contributed by atoms with van der Waals surface area (Å²) < 4.78 is 37.5. The van der Waals surface area contributed by atoms with Crippen molar-refractivity contribution in [3.63, 3.8) is 0 Å². The molecule has 2 heterocycles. The minimum atomic E-state index is -4.63. The predicted molar refractivity (Wildman–Crippen MR) is 87.6 cm³/mol. The molecule has 0 amide bonds. The first-order chi connectivity index (χ1) is 11.7. The number of alkyl halides is 3. The molecule has 0 saturated heterocycles. The van der Waals surface area contributed by atoms with Crippen LogP contribution in [0.3, 0.4) is 0 Å². The van der Waals surface area contributed by atoms with Crippen LogP contribution in [0.4, 0.5) is 19.0 Å². The first kappa shape index (κ1) is 18.4.